The van der Waals surface area contributed by atoms with Gasteiger partial charge in [0, 0.05) is 33.2 Å². The molecule has 0 N–H and O–H groups in total. The molecule has 0 unspecified atom stereocenters. The van der Waals surface area contributed by atoms with E-state index in [-0.39, 0.29) is 85.4 Å². The van der Waals surface area contributed by atoms with E-state index in [4.69, 9.17) is 0 Å². The Morgan fingerprint density at radius 3 is 0.924 bits per heavy atom. The summed E-state index contributed by atoms with van der Waals surface area (Å²) in [7, 11) is 0. The second kappa shape index (κ2) is 19.0. The zero-order valence-corrected chi connectivity index (χ0v) is 39.3. The Morgan fingerprint density at radius 1 is 0.253 bits per heavy atom. The number of halogens is 18. The molecule has 0 amide bonds. The molecule has 0 radical (unpaired) electrons. The number of hydrogen-bond acceptors (Lipinski definition) is 3. The number of rotatable bonds is 7. The molecule has 0 spiro atoms. The van der Waals surface area contributed by atoms with Gasteiger partial charge in [-0.2, -0.15) is 79.0 Å². The van der Waals surface area contributed by atoms with Crippen LogP contribution >= 0.6 is 0 Å². The summed E-state index contributed by atoms with van der Waals surface area (Å²) in [5, 5.41) is 0.286. The first kappa shape index (κ1) is 53.7. The van der Waals surface area contributed by atoms with E-state index in [1.54, 1.807) is 60.7 Å². The highest BCUT2D eigenvalue weighted by Gasteiger charge is 2.40. The third-order valence-corrected chi connectivity index (χ3v) is 12.7. The van der Waals surface area contributed by atoms with Gasteiger partial charge in [-0.3, -0.25) is 0 Å². The molecule has 22 heteroatoms. The van der Waals surface area contributed by atoms with Crippen LogP contribution in [0.15, 0.2) is 170 Å². The van der Waals surface area contributed by atoms with E-state index in [0.29, 0.717) is 47.5 Å². The Morgan fingerprint density at radius 2 is 0.582 bits per heavy atom. The zero-order valence-electron chi connectivity index (χ0n) is 39.3. The van der Waals surface area contributed by atoms with Gasteiger partial charge < -0.3 is 4.57 Å². The van der Waals surface area contributed by atoms with Crippen LogP contribution in [-0.2, 0) is 37.1 Å². The zero-order chi connectivity index (χ0) is 56.8. The van der Waals surface area contributed by atoms with E-state index in [0.717, 1.165) is 18.2 Å². The van der Waals surface area contributed by atoms with E-state index in [9.17, 15) is 79.0 Å². The van der Waals surface area contributed by atoms with E-state index in [2.05, 4.69) is 15.0 Å². The van der Waals surface area contributed by atoms with E-state index < -0.39 is 87.1 Å². The molecule has 79 heavy (non-hydrogen) atoms. The van der Waals surface area contributed by atoms with Gasteiger partial charge in [-0.05, 0) is 112 Å². The van der Waals surface area contributed by atoms with Crippen molar-refractivity contribution in [2.24, 2.45) is 0 Å². The monoisotopic (exact) mass is 1110 g/mol. The van der Waals surface area contributed by atoms with Crippen LogP contribution in [0.2, 0.25) is 0 Å². The van der Waals surface area contributed by atoms with Crippen molar-refractivity contribution in [2.75, 3.05) is 0 Å². The standard InChI is InChI=1S/C57H28F18N4/c58-52(59,60)36-17-33(18-37(25-36)53(61,62)63)31-11-14-44-45-15-12-32(34-19-38(54(64,65)66)26-39(20-34)55(67,68)69)24-48(45)79(47(44)23-31)42-13-16-43(35-21-40(56(70,71)72)27-41(22-35)57(73,74)75)46(28-42)51-77-49(29-7-3-1-4-8-29)76-50(78-51)30-9-5-2-6-10-30/h1-28H. The van der Waals surface area contributed by atoms with Gasteiger partial charge >= 0.3 is 37.1 Å². The Balaban J connectivity index is 1.33. The summed E-state index contributed by atoms with van der Waals surface area (Å²) < 4.78 is 259. The topological polar surface area (TPSA) is 43.6 Å². The van der Waals surface area contributed by atoms with Crippen LogP contribution in [0.4, 0.5) is 79.0 Å². The third-order valence-electron chi connectivity index (χ3n) is 12.7. The Bertz CT molecular complexity index is 3690. The van der Waals surface area contributed by atoms with Crippen molar-refractivity contribution >= 4 is 21.8 Å². The van der Waals surface area contributed by atoms with Crippen molar-refractivity contribution in [1.82, 2.24) is 19.5 Å². The fourth-order valence-corrected chi connectivity index (χ4v) is 9.05. The molecule has 0 bridgehead atoms. The summed E-state index contributed by atoms with van der Waals surface area (Å²) in [6.07, 6.45) is -31.9. The lowest BCUT2D eigenvalue weighted by Crippen LogP contribution is -2.11. The summed E-state index contributed by atoms with van der Waals surface area (Å²) in [5.74, 6) is -0.471. The average Bonchev–Trinajstić information content (AvgIpc) is 3.88. The molecular weight excluding hydrogens is 1080 g/mol. The Kier molecular flexibility index (Phi) is 12.9. The number of aromatic nitrogens is 4. The minimum Gasteiger partial charge on any atom is -0.309 e. The fourth-order valence-electron chi connectivity index (χ4n) is 9.05. The number of fused-ring (bicyclic) bond motifs is 3. The van der Waals surface area contributed by atoms with Gasteiger partial charge in [-0.15, -0.1) is 0 Å². The molecule has 2 heterocycles. The van der Waals surface area contributed by atoms with Crippen molar-refractivity contribution in [2.45, 2.75) is 37.1 Å². The summed E-state index contributed by atoms with van der Waals surface area (Å²) in [6.45, 7) is 0. The molecule has 0 aliphatic heterocycles. The lowest BCUT2D eigenvalue weighted by Gasteiger charge is -2.18. The van der Waals surface area contributed by atoms with Crippen LogP contribution in [0.3, 0.4) is 0 Å². The fraction of sp³-hybridized carbons (Fsp3) is 0.105. The first-order chi connectivity index (χ1) is 36.9. The number of nitrogens with zero attached hydrogens (tertiary/aromatic N) is 4. The molecule has 0 aliphatic rings. The molecule has 2 aromatic heterocycles. The number of alkyl halides is 18. The molecule has 402 valence electrons. The molecule has 0 saturated heterocycles. The maximum atomic E-state index is 14.5. The predicted octanol–water partition coefficient (Wildman–Crippen LogP) is 19.1. The summed E-state index contributed by atoms with van der Waals surface area (Å²) in [5.41, 5.74) is -12.9. The molecule has 0 atom stereocenters. The molecule has 0 fully saturated rings. The molecule has 0 aliphatic carbocycles. The van der Waals surface area contributed by atoms with E-state index in [1.807, 2.05) is 0 Å². The minimum atomic E-state index is -5.34. The molecular formula is C57H28F18N4. The third kappa shape index (κ3) is 10.8. The summed E-state index contributed by atoms with van der Waals surface area (Å²) >= 11 is 0. The van der Waals surface area contributed by atoms with E-state index in [1.165, 1.54) is 41.0 Å². The lowest BCUT2D eigenvalue weighted by molar-refractivity contribution is -0.144. The first-order valence-corrected chi connectivity index (χ1v) is 22.9. The summed E-state index contributed by atoms with van der Waals surface area (Å²) in [6, 6.07) is 29.1. The maximum absolute atomic E-state index is 14.5. The smallest absolute Gasteiger partial charge is 0.309 e. The van der Waals surface area contributed by atoms with Crippen molar-refractivity contribution in [1.29, 1.82) is 0 Å². The lowest BCUT2D eigenvalue weighted by atomic mass is 9.94. The Hall–Kier alpha value is -8.69. The van der Waals surface area contributed by atoms with Gasteiger partial charge in [0.15, 0.2) is 17.5 Å². The number of benzene rings is 8. The SMILES string of the molecule is FC(F)(F)c1cc(-c2ccc3c4ccc(-c5cc(C(F)(F)F)cc(C(F)(F)F)c5)cc4n(-c4ccc(-c5cc(C(F)(F)F)cc(C(F)(F)F)c5)c(-c5nc(-c6ccccc6)nc(-c6ccccc6)n5)c4)c3c2)cc(C(F)(F)F)c1. The highest BCUT2D eigenvalue weighted by Crippen LogP contribution is 2.46. The molecule has 8 aromatic carbocycles. The van der Waals surface area contributed by atoms with Crippen LogP contribution in [0.25, 0.3) is 95.0 Å². The maximum Gasteiger partial charge on any atom is 0.416 e. The minimum absolute atomic E-state index is 0.0504. The van der Waals surface area contributed by atoms with Gasteiger partial charge in [-0.1, -0.05) is 91.0 Å². The van der Waals surface area contributed by atoms with Crippen LogP contribution in [-0.4, -0.2) is 19.5 Å². The molecule has 0 saturated carbocycles. The van der Waals surface area contributed by atoms with Crippen LogP contribution in [0, 0.1) is 0 Å². The van der Waals surface area contributed by atoms with Crippen LogP contribution < -0.4 is 0 Å². The quantitative estimate of drug-likeness (QED) is 0.149. The van der Waals surface area contributed by atoms with E-state index >= 15 is 0 Å². The second-order valence-electron chi connectivity index (χ2n) is 18.0. The van der Waals surface area contributed by atoms with Gasteiger partial charge in [0.05, 0.1) is 44.4 Å². The average molecular weight is 1110 g/mol. The molecule has 10 rings (SSSR count). The highest BCUT2D eigenvalue weighted by atomic mass is 19.4. The van der Waals surface area contributed by atoms with Gasteiger partial charge in [-0.25, -0.2) is 15.0 Å². The summed E-state index contributed by atoms with van der Waals surface area (Å²) in [4.78, 5) is 13.9. The van der Waals surface area contributed by atoms with Crippen molar-refractivity contribution in [3.8, 4) is 73.2 Å². The highest BCUT2D eigenvalue weighted by molar-refractivity contribution is 6.11. The van der Waals surface area contributed by atoms with Crippen molar-refractivity contribution in [3.05, 3.63) is 203 Å². The van der Waals surface area contributed by atoms with Gasteiger partial charge in [0.2, 0.25) is 0 Å². The number of hydrogen-bond donors (Lipinski definition) is 0. The normalized spacial score (nSPS) is 12.9. The molecule has 4 nitrogen and oxygen atoms in total. The van der Waals surface area contributed by atoms with Crippen molar-refractivity contribution < 1.29 is 79.0 Å². The van der Waals surface area contributed by atoms with Crippen molar-refractivity contribution in [3.63, 3.8) is 0 Å². The first-order valence-electron chi connectivity index (χ1n) is 22.9. The largest absolute Gasteiger partial charge is 0.416 e. The Labute approximate surface area is 432 Å². The predicted molar refractivity (Wildman–Crippen MR) is 257 cm³/mol. The van der Waals surface area contributed by atoms with Gasteiger partial charge in [0.25, 0.3) is 0 Å². The van der Waals surface area contributed by atoms with Crippen LogP contribution in [0.5, 0.6) is 0 Å². The van der Waals surface area contributed by atoms with Crippen LogP contribution in [0.1, 0.15) is 33.4 Å². The second-order valence-corrected chi connectivity index (χ2v) is 18.0. The van der Waals surface area contributed by atoms with Gasteiger partial charge in [0.1, 0.15) is 0 Å². The molecule has 10 aromatic rings.